The van der Waals surface area contributed by atoms with Crippen LogP contribution in [0.15, 0.2) is 0 Å². The molecular formula is C17H34. The van der Waals surface area contributed by atoms with Crippen molar-refractivity contribution in [1.82, 2.24) is 0 Å². The molecule has 102 valence electrons. The molecule has 0 N–H and O–H groups in total. The Labute approximate surface area is 110 Å². The van der Waals surface area contributed by atoms with Crippen LogP contribution >= 0.6 is 0 Å². The van der Waals surface area contributed by atoms with Gasteiger partial charge in [-0.2, -0.15) is 0 Å². The van der Waals surface area contributed by atoms with Gasteiger partial charge in [0.1, 0.15) is 0 Å². The van der Waals surface area contributed by atoms with Crippen molar-refractivity contribution in [3.8, 4) is 0 Å². The largest absolute Gasteiger partial charge is 0.0625 e. The highest BCUT2D eigenvalue weighted by Crippen LogP contribution is 2.31. The van der Waals surface area contributed by atoms with E-state index < -0.39 is 0 Å². The van der Waals surface area contributed by atoms with Gasteiger partial charge in [-0.05, 0) is 24.2 Å². The maximum atomic E-state index is 2.47. The Morgan fingerprint density at radius 2 is 1.06 bits per heavy atom. The summed E-state index contributed by atoms with van der Waals surface area (Å²) in [5, 5.41) is 0. The van der Waals surface area contributed by atoms with Crippen molar-refractivity contribution in [1.29, 1.82) is 0 Å². The van der Waals surface area contributed by atoms with Crippen molar-refractivity contribution in [3.05, 3.63) is 0 Å². The molecule has 0 heterocycles. The molecule has 0 saturated heterocycles. The topological polar surface area (TPSA) is 0 Å². The summed E-state index contributed by atoms with van der Waals surface area (Å²) < 4.78 is 0. The molecule has 0 atom stereocenters. The van der Waals surface area contributed by atoms with Gasteiger partial charge in [0.2, 0.25) is 0 Å². The van der Waals surface area contributed by atoms with Gasteiger partial charge in [-0.1, -0.05) is 85.0 Å². The van der Waals surface area contributed by atoms with E-state index in [0.29, 0.717) is 5.41 Å². The smallest absolute Gasteiger partial charge is 0.0354 e. The van der Waals surface area contributed by atoms with Crippen molar-refractivity contribution in [2.24, 2.45) is 11.3 Å². The van der Waals surface area contributed by atoms with Crippen molar-refractivity contribution in [3.63, 3.8) is 0 Å². The number of rotatable bonds is 0. The third-order valence-corrected chi connectivity index (χ3v) is 4.60. The zero-order chi connectivity index (χ0) is 12.6. The maximum absolute atomic E-state index is 2.47. The molecule has 0 heteroatoms. The molecule has 0 nitrogen and oxygen atoms in total. The van der Waals surface area contributed by atoms with E-state index in [1.165, 1.54) is 77.0 Å². The third kappa shape index (κ3) is 7.84. The van der Waals surface area contributed by atoms with Crippen molar-refractivity contribution in [2.45, 2.75) is 97.8 Å². The van der Waals surface area contributed by atoms with Crippen molar-refractivity contribution in [2.75, 3.05) is 0 Å². The highest BCUT2D eigenvalue weighted by Gasteiger charge is 2.16. The minimum Gasteiger partial charge on any atom is -0.0625 e. The molecule has 1 fully saturated rings. The number of hydrogen-bond acceptors (Lipinski definition) is 0. The maximum Gasteiger partial charge on any atom is -0.0354 e. The molecule has 0 radical (unpaired) electrons. The second-order valence-electron chi connectivity index (χ2n) is 7.18. The third-order valence-electron chi connectivity index (χ3n) is 4.60. The predicted molar refractivity (Wildman–Crippen MR) is 78.3 cm³/mol. The van der Waals surface area contributed by atoms with E-state index in [1.807, 2.05) is 0 Å². The van der Waals surface area contributed by atoms with Crippen LogP contribution in [-0.4, -0.2) is 0 Å². The van der Waals surface area contributed by atoms with Crippen LogP contribution in [0.4, 0.5) is 0 Å². The van der Waals surface area contributed by atoms with E-state index in [-0.39, 0.29) is 0 Å². The molecule has 0 bridgehead atoms. The number of hydrogen-bond donors (Lipinski definition) is 0. The van der Waals surface area contributed by atoms with Crippen molar-refractivity contribution >= 4 is 0 Å². The van der Waals surface area contributed by atoms with Gasteiger partial charge in [0.15, 0.2) is 0 Å². The van der Waals surface area contributed by atoms with Gasteiger partial charge in [0.25, 0.3) is 0 Å². The molecule has 0 aromatic heterocycles. The van der Waals surface area contributed by atoms with Gasteiger partial charge in [-0.15, -0.1) is 0 Å². The molecular weight excluding hydrogens is 204 g/mol. The van der Waals surface area contributed by atoms with E-state index in [1.54, 1.807) is 0 Å². The fourth-order valence-electron chi connectivity index (χ4n) is 3.17. The van der Waals surface area contributed by atoms with Crippen LogP contribution in [0, 0.1) is 11.3 Å². The molecule has 1 aliphatic carbocycles. The fourth-order valence-corrected chi connectivity index (χ4v) is 3.17. The van der Waals surface area contributed by atoms with E-state index in [0.717, 1.165) is 5.92 Å². The first-order chi connectivity index (χ1) is 8.10. The molecule has 0 aromatic carbocycles. The molecule has 17 heavy (non-hydrogen) atoms. The van der Waals surface area contributed by atoms with Gasteiger partial charge < -0.3 is 0 Å². The highest BCUT2D eigenvalue weighted by atomic mass is 14.2. The first kappa shape index (κ1) is 15.1. The lowest BCUT2D eigenvalue weighted by atomic mass is 9.81. The molecule has 1 saturated carbocycles. The van der Waals surface area contributed by atoms with Gasteiger partial charge in [-0.25, -0.2) is 0 Å². The Balaban J connectivity index is 2.28. The van der Waals surface area contributed by atoms with Gasteiger partial charge >= 0.3 is 0 Å². The quantitative estimate of drug-likeness (QED) is 0.461. The van der Waals surface area contributed by atoms with Crippen LogP contribution in [0.25, 0.3) is 0 Å². The molecule has 0 aliphatic heterocycles. The minimum atomic E-state index is 0.609. The average Bonchev–Trinajstić information content (AvgIpc) is 2.27. The summed E-state index contributed by atoms with van der Waals surface area (Å²) in [5.74, 6) is 0.981. The lowest BCUT2D eigenvalue weighted by Crippen LogP contribution is -2.11. The van der Waals surface area contributed by atoms with Gasteiger partial charge in [0.05, 0.1) is 0 Å². The highest BCUT2D eigenvalue weighted by molar-refractivity contribution is 4.69. The van der Waals surface area contributed by atoms with E-state index in [2.05, 4.69) is 20.8 Å². The average molecular weight is 238 g/mol. The molecule has 0 spiro atoms. The lowest BCUT2D eigenvalue weighted by Gasteiger charge is -2.25. The Morgan fingerprint density at radius 3 is 1.53 bits per heavy atom. The molecule has 1 aliphatic rings. The minimum absolute atomic E-state index is 0.609. The zero-order valence-corrected chi connectivity index (χ0v) is 12.6. The molecule has 0 amide bonds. The van der Waals surface area contributed by atoms with Crippen LogP contribution in [0.2, 0.25) is 0 Å². The van der Waals surface area contributed by atoms with Crippen LogP contribution in [0.1, 0.15) is 97.8 Å². The summed E-state index contributed by atoms with van der Waals surface area (Å²) >= 11 is 0. The van der Waals surface area contributed by atoms with Crippen molar-refractivity contribution < 1.29 is 0 Å². The van der Waals surface area contributed by atoms with Gasteiger partial charge in [-0.3, -0.25) is 0 Å². The molecule has 1 rings (SSSR count). The predicted octanol–water partition coefficient (Wildman–Crippen LogP) is 6.34. The normalized spacial score (nSPS) is 26.3. The summed E-state index contributed by atoms with van der Waals surface area (Å²) in [4.78, 5) is 0. The van der Waals surface area contributed by atoms with Crippen LogP contribution < -0.4 is 0 Å². The standard InChI is InChI=1S/C17H34/c1-16-12-8-4-6-10-14-17(2,3)15-11-7-5-9-13-16/h16H,4-15H2,1-3H3. The van der Waals surface area contributed by atoms with Crippen LogP contribution in [0.3, 0.4) is 0 Å². The summed E-state index contributed by atoms with van der Waals surface area (Å²) in [7, 11) is 0. The summed E-state index contributed by atoms with van der Waals surface area (Å²) in [6.07, 6.45) is 17.6. The summed E-state index contributed by atoms with van der Waals surface area (Å²) in [5.41, 5.74) is 0.609. The van der Waals surface area contributed by atoms with E-state index in [9.17, 15) is 0 Å². The monoisotopic (exact) mass is 238 g/mol. The van der Waals surface area contributed by atoms with Crippen LogP contribution in [0.5, 0.6) is 0 Å². The Bertz CT molecular complexity index is 162. The van der Waals surface area contributed by atoms with Crippen LogP contribution in [-0.2, 0) is 0 Å². The Kier molecular flexibility index (Phi) is 7.23. The molecule has 0 unspecified atom stereocenters. The SMILES string of the molecule is CC1CCCCCCC(C)(C)CCCCCC1. The molecule has 0 aromatic rings. The first-order valence-electron chi connectivity index (χ1n) is 8.10. The summed E-state index contributed by atoms with van der Waals surface area (Å²) in [6.45, 7) is 7.40. The zero-order valence-electron chi connectivity index (χ0n) is 12.6. The Hall–Kier alpha value is 0. The van der Waals surface area contributed by atoms with Gasteiger partial charge in [0, 0.05) is 0 Å². The van der Waals surface area contributed by atoms with E-state index >= 15 is 0 Å². The second-order valence-corrected chi connectivity index (χ2v) is 7.18. The Morgan fingerprint density at radius 1 is 0.647 bits per heavy atom. The lowest BCUT2D eigenvalue weighted by molar-refractivity contribution is 0.278. The van der Waals surface area contributed by atoms with E-state index in [4.69, 9.17) is 0 Å². The first-order valence-corrected chi connectivity index (χ1v) is 8.10. The summed E-state index contributed by atoms with van der Waals surface area (Å²) in [6, 6.07) is 0. The second kappa shape index (κ2) is 8.16. The fraction of sp³-hybridized carbons (Fsp3) is 1.00.